The van der Waals surface area contributed by atoms with Crippen LogP contribution < -0.4 is 10.3 Å². The molecule has 1 aliphatic rings. The van der Waals surface area contributed by atoms with E-state index >= 15 is 0 Å². The van der Waals surface area contributed by atoms with Gasteiger partial charge in [-0.3, -0.25) is 9.59 Å². The number of hydrogen-bond acceptors (Lipinski definition) is 6. The molecule has 3 rings (SSSR count). The maximum Gasteiger partial charge on any atom is 0.200 e. The smallest absolute Gasteiger partial charge is 0.200 e. The van der Waals surface area contributed by atoms with Gasteiger partial charge in [-0.25, -0.2) is 0 Å². The fourth-order valence-electron chi connectivity index (χ4n) is 3.04. The van der Waals surface area contributed by atoms with Crippen molar-refractivity contribution in [2.45, 2.75) is 26.4 Å². The van der Waals surface area contributed by atoms with Gasteiger partial charge in [0.15, 0.2) is 11.3 Å². The number of aryl methyl sites for hydroxylation is 1. The molecule has 6 nitrogen and oxygen atoms in total. The van der Waals surface area contributed by atoms with Gasteiger partial charge in [0, 0.05) is 25.6 Å². The first kappa shape index (κ1) is 16.7. The number of carbonyl (C=O) groups is 1. The van der Waals surface area contributed by atoms with Gasteiger partial charge in [0.1, 0.15) is 11.4 Å². The largest absolute Gasteiger partial charge is 0.440 e. The van der Waals surface area contributed by atoms with Crippen LogP contribution in [0.1, 0.15) is 30.6 Å². The van der Waals surface area contributed by atoms with Crippen LogP contribution in [0.25, 0.3) is 11.0 Å². The lowest BCUT2D eigenvalue weighted by atomic mass is 9.97. The molecule has 2 aromatic rings. The van der Waals surface area contributed by atoms with Gasteiger partial charge in [0.2, 0.25) is 0 Å². The third-order valence-corrected chi connectivity index (χ3v) is 4.34. The van der Waals surface area contributed by atoms with Crippen LogP contribution in [0.5, 0.6) is 0 Å². The summed E-state index contributed by atoms with van der Waals surface area (Å²) < 4.78 is 11.3. The van der Waals surface area contributed by atoms with Gasteiger partial charge in [0.25, 0.3) is 0 Å². The van der Waals surface area contributed by atoms with Crippen molar-refractivity contribution >= 4 is 22.6 Å². The van der Waals surface area contributed by atoms with Crippen LogP contribution in [0.3, 0.4) is 0 Å². The first-order valence-corrected chi connectivity index (χ1v) is 8.05. The third-order valence-electron chi connectivity index (χ3n) is 4.34. The molecule has 1 fully saturated rings. The van der Waals surface area contributed by atoms with Crippen LogP contribution in [-0.2, 0) is 9.53 Å². The highest BCUT2D eigenvalue weighted by molar-refractivity contribution is 5.82. The monoisotopic (exact) mass is 331 g/mol. The highest BCUT2D eigenvalue weighted by Gasteiger charge is 2.19. The van der Waals surface area contributed by atoms with Gasteiger partial charge in [-0.15, -0.1) is 0 Å². The van der Waals surface area contributed by atoms with Gasteiger partial charge >= 0.3 is 0 Å². The topological polar surface area (TPSA) is 80.0 Å². The molecule has 24 heavy (non-hydrogen) atoms. The normalized spacial score (nSPS) is 16.4. The highest BCUT2D eigenvalue weighted by Crippen LogP contribution is 2.29. The minimum atomic E-state index is -0.899. The number of Topliss-reactive ketones (excluding diaryl/α,β-unsaturated/α-hetero) is 1. The minimum Gasteiger partial charge on any atom is -0.440 e. The number of ether oxygens (including phenoxy) is 1. The average molecular weight is 331 g/mol. The lowest BCUT2D eigenvalue weighted by Crippen LogP contribution is -2.36. The summed E-state index contributed by atoms with van der Waals surface area (Å²) in [6.07, 6.45) is -0.857. The Kier molecular flexibility index (Phi) is 4.69. The van der Waals surface area contributed by atoms with Crippen LogP contribution in [-0.4, -0.2) is 37.2 Å². The standard InChI is InChI=1S/C18H21NO5/c1-11(20)9-15(21)13-3-4-14-16(22)10-17(24-18(14)12(13)2)19-5-7-23-8-6-19/h3-4,10,15,21H,5-9H2,1-2H3. The van der Waals surface area contributed by atoms with E-state index in [0.29, 0.717) is 54.3 Å². The van der Waals surface area contributed by atoms with Crippen LogP contribution in [0.4, 0.5) is 5.88 Å². The number of anilines is 1. The molecular formula is C18H21NO5. The van der Waals surface area contributed by atoms with Gasteiger partial charge < -0.3 is 19.2 Å². The third kappa shape index (κ3) is 3.20. The number of fused-ring (bicyclic) bond motifs is 1. The second kappa shape index (κ2) is 6.75. The first-order chi connectivity index (χ1) is 11.5. The molecule has 1 atom stereocenters. The molecule has 1 aliphatic heterocycles. The number of carbonyl (C=O) groups excluding carboxylic acids is 1. The van der Waals surface area contributed by atoms with E-state index in [1.54, 1.807) is 19.1 Å². The summed E-state index contributed by atoms with van der Waals surface area (Å²) in [5.74, 6) is 0.419. The summed E-state index contributed by atoms with van der Waals surface area (Å²) in [7, 11) is 0. The molecule has 1 unspecified atom stereocenters. The zero-order valence-electron chi connectivity index (χ0n) is 13.9. The fraction of sp³-hybridized carbons (Fsp3) is 0.444. The Morgan fingerprint density at radius 2 is 2.04 bits per heavy atom. The second-order valence-corrected chi connectivity index (χ2v) is 6.13. The van der Waals surface area contributed by atoms with Crippen molar-refractivity contribution in [1.29, 1.82) is 0 Å². The molecule has 0 aliphatic carbocycles. The van der Waals surface area contributed by atoms with E-state index in [1.165, 1.54) is 13.0 Å². The van der Waals surface area contributed by atoms with Crippen molar-refractivity contribution in [2.24, 2.45) is 0 Å². The SMILES string of the molecule is CC(=O)CC(O)c1ccc2c(=O)cc(N3CCOCC3)oc2c1C. The van der Waals surface area contributed by atoms with Gasteiger partial charge in [-0.1, -0.05) is 6.07 Å². The Morgan fingerprint density at radius 1 is 1.33 bits per heavy atom. The Hall–Kier alpha value is -2.18. The molecule has 0 saturated carbocycles. The van der Waals surface area contributed by atoms with Crippen molar-refractivity contribution in [1.82, 2.24) is 0 Å². The summed E-state index contributed by atoms with van der Waals surface area (Å²) in [6, 6.07) is 4.84. The van der Waals surface area contributed by atoms with Crippen LogP contribution in [0.2, 0.25) is 0 Å². The number of benzene rings is 1. The number of aliphatic hydroxyl groups excluding tert-OH is 1. The number of hydrogen-bond donors (Lipinski definition) is 1. The minimum absolute atomic E-state index is 0.0414. The van der Waals surface area contributed by atoms with Crippen LogP contribution in [0, 0.1) is 6.92 Å². The Balaban J connectivity index is 2.08. The molecule has 6 heteroatoms. The Bertz CT molecular complexity index is 820. The highest BCUT2D eigenvalue weighted by atomic mass is 16.5. The Labute approximate surface area is 139 Å². The maximum atomic E-state index is 12.4. The molecule has 0 radical (unpaired) electrons. The van der Waals surface area contributed by atoms with Crippen molar-refractivity contribution < 1.29 is 19.1 Å². The van der Waals surface area contributed by atoms with Gasteiger partial charge in [-0.05, 0) is 31.0 Å². The Morgan fingerprint density at radius 3 is 2.71 bits per heavy atom. The molecule has 128 valence electrons. The molecule has 0 spiro atoms. The summed E-state index contributed by atoms with van der Waals surface area (Å²) in [5.41, 5.74) is 1.64. The van der Waals surface area contributed by atoms with Crippen molar-refractivity contribution in [2.75, 3.05) is 31.2 Å². The number of ketones is 1. The number of aliphatic hydroxyl groups is 1. The summed E-state index contributed by atoms with van der Waals surface area (Å²) in [5, 5.41) is 10.7. The fourth-order valence-corrected chi connectivity index (χ4v) is 3.04. The predicted octanol–water partition coefficient (Wildman–Crippen LogP) is 1.95. The molecular weight excluding hydrogens is 310 g/mol. The van der Waals surface area contributed by atoms with E-state index in [0.717, 1.165) is 0 Å². The first-order valence-electron chi connectivity index (χ1n) is 8.05. The lowest BCUT2D eigenvalue weighted by molar-refractivity contribution is -0.118. The molecule has 0 amide bonds. The zero-order chi connectivity index (χ0) is 17.3. The lowest BCUT2D eigenvalue weighted by Gasteiger charge is -2.27. The van der Waals surface area contributed by atoms with E-state index in [4.69, 9.17) is 9.15 Å². The molecule has 1 aromatic carbocycles. The van der Waals surface area contributed by atoms with Gasteiger partial charge in [-0.2, -0.15) is 0 Å². The van der Waals surface area contributed by atoms with Gasteiger partial charge in [0.05, 0.1) is 24.7 Å². The molecule has 1 N–H and O–H groups in total. The number of rotatable bonds is 4. The molecule has 0 bridgehead atoms. The number of morpholine rings is 1. The van der Waals surface area contributed by atoms with Crippen LogP contribution in [0.15, 0.2) is 27.4 Å². The maximum absolute atomic E-state index is 12.4. The van der Waals surface area contributed by atoms with E-state index in [2.05, 4.69) is 0 Å². The van der Waals surface area contributed by atoms with E-state index < -0.39 is 6.10 Å². The van der Waals surface area contributed by atoms with Crippen molar-refractivity contribution in [3.8, 4) is 0 Å². The van der Waals surface area contributed by atoms with Crippen molar-refractivity contribution in [3.05, 3.63) is 39.5 Å². The van der Waals surface area contributed by atoms with E-state index in [9.17, 15) is 14.7 Å². The second-order valence-electron chi connectivity index (χ2n) is 6.13. The average Bonchev–Trinajstić information content (AvgIpc) is 2.55. The molecule has 2 heterocycles. The van der Waals surface area contributed by atoms with Crippen LogP contribution >= 0.6 is 0 Å². The molecule has 1 saturated heterocycles. The van der Waals surface area contributed by atoms with Crippen molar-refractivity contribution in [3.63, 3.8) is 0 Å². The van der Waals surface area contributed by atoms with E-state index in [-0.39, 0.29) is 17.6 Å². The predicted molar refractivity (Wildman–Crippen MR) is 90.5 cm³/mol. The zero-order valence-corrected chi connectivity index (χ0v) is 13.9. The van der Waals surface area contributed by atoms with E-state index in [1.807, 2.05) is 4.90 Å². The molecule has 1 aromatic heterocycles. The quantitative estimate of drug-likeness (QED) is 0.922. The number of nitrogens with zero attached hydrogens (tertiary/aromatic N) is 1. The summed E-state index contributed by atoms with van der Waals surface area (Å²) in [4.78, 5) is 25.7. The summed E-state index contributed by atoms with van der Waals surface area (Å²) >= 11 is 0. The summed E-state index contributed by atoms with van der Waals surface area (Å²) in [6.45, 7) is 5.76.